The smallest absolute Gasteiger partial charge is 0.315 e. The SMILES string of the molecule is CC(=O)CCNC(=O)N[C@H]1[C@@H]2C[C@@H](OC3OC(C)C(O)C(N)C3O)/C=C/C=C/C=C/C=C/C=C/C=C/C=C/[C@H](C)[C@@H](O)[C@@H](C)[C@H](C)OC(=O)C[C@H](O)C[C@H](O)CC[C@@H](O)[C@H](O)C[C@H](O)C[C@](O)(C[C@@H]1O)O2. The van der Waals surface area contributed by atoms with Gasteiger partial charge in [0.15, 0.2) is 12.1 Å². The van der Waals surface area contributed by atoms with Crippen LogP contribution in [0.15, 0.2) is 85.1 Å². The van der Waals surface area contributed by atoms with E-state index in [-0.39, 0.29) is 50.4 Å². The first-order valence-corrected chi connectivity index (χ1v) is 24.5. The minimum atomic E-state index is -2.29. The van der Waals surface area contributed by atoms with Crippen LogP contribution < -0.4 is 16.4 Å². The molecule has 0 radical (unpaired) electrons. The van der Waals surface area contributed by atoms with Crippen LogP contribution in [0.2, 0.25) is 0 Å². The Balaban J connectivity index is 1.93. The van der Waals surface area contributed by atoms with E-state index in [4.69, 9.17) is 24.7 Å². The van der Waals surface area contributed by atoms with Crippen molar-refractivity contribution in [1.29, 1.82) is 0 Å². The lowest BCUT2D eigenvalue weighted by molar-refractivity contribution is -0.303. The standard InChI is InChI=1S/C51H81N3O17/c1-30-18-16-14-12-10-8-6-7-9-11-13-15-17-19-38(70-49-48(65)44(52)47(64)34(5)69-49)27-42-45(54-50(66)53-23-22-31(2)55)41(61)29-51(67,71-42)28-37(58)25-40(60)39(59)21-20-35(56)24-36(57)26-43(62)68-33(4)32(3)46(30)63/h6-19,30,32-42,44-49,56-61,63-65,67H,20-29,52H2,1-5H3,(H2,53,54,66)/b7-6+,10-8+,11-9+,14-12+,15-13+,18-16+,19-17+/t30-,32-,33-,34?,35+,36+,37-,38-,39+,40+,41-,42-,44?,45+,46+,47?,48?,49?,51+/m0/s1. The maximum atomic E-state index is 13.1. The second-order valence-corrected chi connectivity index (χ2v) is 19.1. The molecule has 2 amide bonds. The van der Waals surface area contributed by atoms with E-state index in [1.807, 2.05) is 31.2 Å². The number of hydrogen-bond acceptors (Lipinski definition) is 18. The number of carbonyl (C=O) groups excluding carboxylic acids is 3. The van der Waals surface area contributed by atoms with E-state index in [0.29, 0.717) is 0 Å². The molecule has 19 atom stereocenters. The van der Waals surface area contributed by atoms with Crippen molar-refractivity contribution in [3.8, 4) is 0 Å². The van der Waals surface area contributed by atoms with Gasteiger partial charge in [-0.15, -0.1) is 0 Å². The van der Waals surface area contributed by atoms with Crippen LogP contribution in [0.3, 0.4) is 0 Å². The average Bonchev–Trinajstić information content (AvgIpc) is 3.28. The van der Waals surface area contributed by atoms with Gasteiger partial charge in [0.2, 0.25) is 0 Å². The van der Waals surface area contributed by atoms with Gasteiger partial charge in [-0.3, -0.25) is 9.59 Å². The zero-order valence-electron chi connectivity index (χ0n) is 41.5. The molecule has 3 aliphatic rings. The third-order valence-electron chi connectivity index (χ3n) is 12.8. The number of rotatable bonds is 6. The van der Waals surface area contributed by atoms with Crippen LogP contribution in [-0.2, 0) is 28.5 Å². The molecule has 0 aliphatic carbocycles. The van der Waals surface area contributed by atoms with E-state index in [2.05, 4.69) is 10.6 Å². The van der Waals surface area contributed by atoms with Gasteiger partial charge in [0, 0.05) is 50.5 Å². The number of nitrogens with one attached hydrogen (secondary N) is 2. The van der Waals surface area contributed by atoms with Crippen molar-refractivity contribution in [3.05, 3.63) is 85.1 Å². The average molecular weight is 1010 g/mol. The number of ether oxygens (including phenoxy) is 4. The number of amides is 2. The number of cyclic esters (lactones) is 1. The monoisotopic (exact) mass is 1010 g/mol. The van der Waals surface area contributed by atoms with E-state index in [9.17, 15) is 65.4 Å². The molecule has 0 spiro atoms. The molecule has 2 saturated heterocycles. The number of ketones is 1. The van der Waals surface area contributed by atoms with Crippen molar-refractivity contribution >= 4 is 17.8 Å². The lowest BCUT2D eigenvalue weighted by Gasteiger charge is -2.46. The maximum absolute atomic E-state index is 13.1. The number of fused-ring (bicyclic) bond motifs is 2. The summed E-state index contributed by atoms with van der Waals surface area (Å²) in [5, 5.41) is 115. The number of nitrogens with two attached hydrogens (primary N) is 1. The Bertz CT molecular complexity index is 1840. The Morgan fingerprint density at radius 2 is 1.30 bits per heavy atom. The number of carbonyl (C=O) groups is 3. The normalized spacial score (nSPS) is 42.5. The van der Waals surface area contributed by atoms with Gasteiger partial charge < -0.3 is 86.4 Å². The van der Waals surface area contributed by atoms with E-state index in [0.717, 1.165) is 0 Å². The Labute approximate surface area is 416 Å². The molecule has 0 saturated carbocycles. The van der Waals surface area contributed by atoms with Crippen molar-refractivity contribution in [2.24, 2.45) is 17.6 Å². The molecule has 20 heteroatoms. The van der Waals surface area contributed by atoms with Gasteiger partial charge in [0.25, 0.3) is 0 Å². The first-order valence-electron chi connectivity index (χ1n) is 24.5. The van der Waals surface area contributed by atoms with Crippen molar-refractivity contribution in [1.82, 2.24) is 10.6 Å². The zero-order chi connectivity index (χ0) is 52.8. The molecule has 2 fully saturated rings. The molecule has 71 heavy (non-hydrogen) atoms. The fraction of sp³-hybridized carbons (Fsp3) is 0.667. The van der Waals surface area contributed by atoms with Crippen molar-refractivity contribution in [3.63, 3.8) is 0 Å². The van der Waals surface area contributed by atoms with E-state index >= 15 is 0 Å². The lowest BCUT2D eigenvalue weighted by Crippen LogP contribution is -2.64. The third kappa shape index (κ3) is 22.0. The van der Waals surface area contributed by atoms with Gasteiger partial charge in [0.05, 0.1) is 85.6 Å². The first-order chi connectivity index (χ1) is 33.5. The van der Waals surface area contributed by atoms with Crippen LogP contribution in [0, 0.1) is 11.8 Å². The fourth-order valence-corrected chi connectivity index (χ4v) is 8.39. The number of Topliss-reactive ketones (excluding diaryl/α,β-unsaturated/α-hetero) is 1. The summed E-state index contributed by atoms with van der Waals surface area (Å²) in [4.78, 5) is 37.3. The van der Waals surface area contributed by atoms with Crippen molar-refractivity contribution in [2.45, 2.75) is 196 Å². The highest BCUT2D eigenvalue weighted by Crippen LogP contribution is 2.35. The number of aliphatic hydroxyl groups excluding tert-OH is 9. The number of aliphatic hydroxyl groups is 10. The van der Waals surface area contributed by atoms with Gasteiger partial charge in [-0.2, -0.15) is 0 Å². The summed E-state index contributed by atoms with van der Waals surface area (Å²) in [7, 11) is 0. The highest BCUT2D eigenvalue weighted by molar-refractivity contribution is 5.78. The van der Waals surface area contributed by atoms with E-state index in [1.165, 1.54) is 6.92 Å². The summed E-state index contributed by atoms with van der Waals surface area (Å²) in [6.07, 6.45) is 4.37. The summed E-state index contributed by atoms with van der Waals surface area (Å²) < 4.78 is 23.7. The summed E-state index contributed by atoms with van der Waals surface area (Å²) in [6, 6.07) is -3.14. The van der Waals surface area contributed by atoms with Crippen LogP contribution in [0.4, 0.5) is 4.79 Å². The molecule has 20 nitrogen and oxygen atoms in total. The van der Waals surface area contributed by atoms with Crippen LogP contribution >= 0.6 is 0 Å². The number of allylic oxidation sites excluding steroid dienone is 12. The van der Waals surface area contributed by atoms with Gasteiger partial charge in [-0.25, -0.2) is 4.79 Å². The minimum absolute atomic E-state index is 0.0133. The van der Waals surface area contributed by atoms with Gasteiger partial charge >= 0.3 is 12.0 Å². The summed E-state index contributed by atoms with van der Waals surface area (Å²) in [6.45, 7) is 8.11. The molecule has 3 aliphatic heterocycles. The lowest BCUT2D eigenvalue weighted by atomic mass is 9.87. The molecular formula is C51H81N3O17. The molecule has 5 unspecified atom stereocenters. The predicted molar refractivity (Wildman–Crippen MR) is 261 cm³/mol. The minimum Gasteiger partial charge on any atom is -0.462 e. The quantitative estimate of drug-likeness (QED) is 0.163. The Kier molecular flexibility index (Phi) is 26.7. The Morgan fingerprint density at radius 1 is 0.704 bits per heavy atom. The first kappa shape index (κ1) is 61.3. The molecule has 0 aromatic rings. The number of esters is 1. The molecule has 0 aromatic carbocycles. The van der Waals surface area contributed by atoms with Crippen LogP contribution in [-0.4, -0.2) is 179 Å². The third-order valence-corrected chi connectivity index (χ3v) is 12.8. The van der Waals surface area contributed by atoms with Gasteiger partial charge in [-0.05, 0) is 40.0 Å². The molecule has 0 aromatic heterocycles. The van der Waals surface area contributed by atoms with Gasteiger partial charge in [0.1, 0.15) is 18.0 Å². The molecule has 402 valence electrons. The summed E-state index contributed by atoms with van der Waals surface area (Å²) >= 11 is 0. The van der Waals surface area contributed by atoms with E-state index in [1.54, 1.807) is 81.5 Å². The van der Waals surface area contributed by atoms with Crippen molar-refractivity contribution in [2.75, 3.05) is 6.54 Å². The van der Waals surface area contributed by atoms with Crippen LogP contribution in [0.5, 0.6) is 0 Å². The Hall–Kier alpha value is -3.97. The molecule has 3 heterocycles. The fourth-order valence-electron chi connectivity index (χ4n) is 8.39. The highest BCUT2D eigenvalue weighted by Gasteiger charge is 2.49. The molecule has 2 bridgehead atoms. The molecule has 3 rings (SSSR count). The second kappa shape index (κ2) is 30.9. The maximum Gasteiger partial charge on any atom is 0.315 e. The largest absolute Gasteiger partial charge is 0.462 e. The second-order valence-electron chi connectivity index (χ2n) is 19.1. The van der Waals surface area contributed by atoms with Crippen molar-refractivity contribution < 1.29 is 84.4 Å². The molecule has 14 N–H and O–H groups in total. The summed E-state index contributed by atoms with van der Waals surface area (Å²) in [5.74, 6) is -3.93. The predicted octanol–water partition coefficient (Wildman–Crippen LogP) is 0.658. The number of hydrogen-bond donors (Lipinski definition) is 13. The topological polar surface area (TPSA) is 341 Å². The summed E-state index contributed by atoms with van der Waals surface area (Å²) in [5.41, 5.74) is 6.09. The Morgan fingerprint density at radius 3 is 1.90 bits per heavy atom. The van der Waals surface area contributed by atoms with Gasteiger partial charge in [-0.1, -0.05) is 98.9 Å². The van der Waals surface area contributed by atoms with E-state index < -0.39 is 147 Å². The molecular weight excluding hydrogens is 927 g/mol. The highest BCUT2D eigenvalue weighted by atomic mass is 16.7. The van der Waals surface area contributed by atoms with Crippen LogP contribution in [0.25, 0.3) is 0 Å². The zero-order valence-corrected chi connectivity index (χ0v) is 41.5. The number of urea groups is 1. The van der Waals surface area contributed by atoms with Crippen LogP contribution in [0.1, 0.15) is 92.4 Å².